The predicted octanol–water partition coefficient (Wildman–Crippen LogP) is 2.15. The molecule has 1 aliphatic carbocycles. The Bertz CT molecular complexity index is 437. The number of methoxy groups -OCH3 is 1. The Kier molecular flexibility index (Phi) is 3.66. The van der Waals surface area contributed by atoms with Crippen LogP contribution in [0.5, 0.6) is 5.75 Å². The van der Waals surface area contributed by atoms with Gasteiger partial charge >= 0.3 is 0 Å². The van der Waals surface area contributed by atoms with Crippen LogP contribution in [-0.4, -0.2) is 42.4 Å². The van der Waals surface area contributed by atoms with Crippen molar-refractivity contribution in [2.45, 2.75) is 31.2 Å². The fourth-order valence-electron chi connectivity index (χ4n) is 2.78. The lowest BCUT2D eigenvalue weighted by Crippen LogP contribution is -2.49. The van der Waals surface area contributed by atoms with Gasteiger partial charge in [0.15, 0.2) is 0 Å². The van der Waals surface area contributed by atoms with Crippen molar-refractivity contribution in [3.05, 3.63) is 24.0 Å². The van der Waals surface area contributed by atoms with E-state index in [1.807, 2.05) is 19.0 Å². The molecule has 0 saturated heterocycles. The number of hydrogen-bond donors (Lipinski definition) is 0. The highest BCUT2D eigenvalue weighted by Crippen LogP contribution is 2.37. The molecule has 1 aliphatic rings. The van der Waals surface area contributed by atoms with E-state index in [1.54, 1.807) is 25.4 Å². The summed E-state index contributed by atoms with van der Waals surface area (Å²) in [6.07, 6.45) is 5.64. The molecular formula is C14H20N2O2. The van der Waals surface area contributed by atoms with E-state index < -0.39 is 5.54 Å². The summed E-state index contributed by atoms with van der Waals surface area (Å²) in [5.41, 5.74) is 0.0531. The molecule has 0 aliphatic heterocycles. The molecule has 0 radical (unpaired) electrons. The molecule has 1 aromatic heterocycles. The molecule has 1 aromatic rings. The van der Waals surface area contributed by atoms with E-state index in [2.05, 4.69) is 4.98 Å². The van der Waals surface area contributed by atoms with Gasteiger partial charge in [-0.25, -0.2) is 4.98 Å². The van der Waals surface area contributed by atoms with Crippen LogP contribution in [0.1, 0.15) is 36.2 Å². The van der Waals surface area contributed by atoms with Crippen molar-refractivity contribution in [3.63, 3.8) is 0 Å². The van der Waals surface area contributed by atoms with Crippen LogP contribution < -0.4 is 4.74 Å². The van der Waals surface area contributed by atoms with E-state index in [1.165, 1.54) is 0 Å². The SMILES string of the molecule is COc1cccnc1C(=O)C1(N(C)C)CCCC1. The molecule has 1 heterocycles. The Morgan fingerprint density at radius 3 is 2.61 bits per heavy atom. The van der Waals surface area contributed by atoms with Crippen molar-refractivity contribution in [3.8, 4) is 5.75 Å². The maximum atomic E-state index is 12.8. The molecule has 4 nitrogen and oxygen atoms in total. The first-order valence-corrected chi connectivity index (χ1v) is 6.33. The molecule has 4 heteroatoms. The summed E-state index contributed by atoms with van der Waals surface area (Å²) in [5.74, 6) is 0.651. The van der Waals surface area contributed by atoms with Gasteiger partial charge in [-0.05, 0) is 39.1 Å². The minimum absolute atomic E-state index is 0.0856. The number of hydrogen-bond acceptors (Lipinski definition) is 4. The smallest absolute Gasteiger partial charge is 0.205 e. The van der Waals surface area contributed by atoms with E-state index in [-0.39, 0.29) is 5.78 Å². The maximum Gasteiger partial charge on any atom is 0.205 e. The van der Waals surface area contributed by atoms with Crippen LogP contribution in [0.4, 0.5) is 0 Å². The Balaban J connectivity index is 2.40. The number of rotatable bonds is 4. The summed E-state index contributed by atoms with van der Waals surface area (Å²) in [6.45, 7) is 0. The molecule has 18 heavy (non-hydrogen) atoms. The lowest BCUT2D eigenvalue weighted by molar-refractivity contribution is 0.0684. The zero-order valence-electron chi connectivity index (χ0n) is 11.3. The lowest BCUT2D eigenvalue weighted by Gasteiger charge is -2.34. The molecule has 1 fully saturated rings. The van der Waals surface area contributed by atoms with Gasteiger partial charge < -0.3 is 4.74 Å². The molecule has 98 valence electrons. The first kappa shape index (κ1) is 13.0. The van der Waals surface area contributed by atoms with Crippen LogP contribution in [0.3, 0.4) is 0 Å². The summed E-state index contributed by atoms with van der Waals surface area (Å²) >= 11 is 0. The fraction of sp³-hybridized carbons (Fsp3) is 0.571. The number of ether oxygens (including phenoxy) is 1. The zero-order chi connectivity index (χ0) is 13.2. The highest BCUT2D eigenvalue weighted by molar-refractivity contribution is 6.03. The van der Waals surface area contributed by atoms with Gasteiger partial charge in [0, 0.05) is 6.20 Å². The van der Waals surface area contributed by atoms with E-state index in [0.717, 1.165) is 25.7 Å². The zero-order valence-corrected chi connectivity index (χ0v) is 11.3. The average Bonchev–Trinajstić information content (AvgIpc) is 2.88. The second-order valence-electron chi connectivity index (χ2n) is 5.02. The molecule has 1 saturated carbocycles. The van der Waals surface area contributed by atoms with E-state index in [4.69, 9.17) is 4.74 Å². The number of likely N-dealkylation sites (N-methyl/N-ethyl adjacent to an activating group) is 1. The minimum atomic E-state index is -0.401. The Morgan fingerprint density at radius 1 is 1.39 bits per heavy atom. The molecule has 0 bridgehead atoms. The first-order chi connectivity index (χ1) is 8.62. The largest absolute Gasteiger partial charge is 0.494 e. The molecule has 0 unspecified atom stereocenters. The van der Waals surface area contributed by atoms with Crippen molar-refractivity contribution in [2.24, 2.45) is 0 Å². The van der Waals surface area contributed by atoms with Crippen molar-refractivity contribution in [1.29, 1.82) is 0 Å². The van der Waals surface area contributed by atoms with Crippen molar-refractivity contribution in [2.75, 3.05) is 21.2 Å². The van der Waals surface area contributed by atoms with Crippen LogP contribution in [0.25, 0.3) is 0 Å². The van der Waals surface area contributed by atoms with Crippen molar-refractivity contribution in [1.82, 2.24) is 9.88 Å². The van der Waals surface area contributed by atoms with E-state index in [9.17, 15) is 4.79 Å². The third-order valence-corrected chi connectivity index (χ3v) is 3.92. The van der Waals surface area contributed by atoms with Gasteiger partial charge in [-0.15, -0.1) is 0 Å². The molecule has 0 aromatic carbocycles. The number of carbonyl (C=O) groups is 1. The van der Waals surface area contributed by atoms with Gasteiger partial charge in [-0.3, -0.25) is 9.69 Å². The lowest BCUT2D eigenvalue weighted by atomic mass is 9.88. The second kappa shape index (κ2) is 5.06. The van der Waals surface area contributed by atoms with E-state index in [0.29, 0.717) is 11.4 Å². The quantitative estimate of drug-likeness (QED) is 0.766. The molecule has 0 amide bonds. The Morgan fingerprint density at radius 2 is 2.06 bits per heavy atom. The monoisotopic (exact) mass is 248 g/mol. The molecule has 0 N–H and O–H groups in total. The van der Waals surface area contributed by atoms with Crippen LogP contribution in [0, 0.1) is 0 Å². The van der Waals surface area contributed by atoms with E-state index >= 15 is 0 Å². The number of nitrogens with zero attached hydrogens (tertiary/aromatic N) is 2. The third kappa shape index (κ3) is 2.01. The standard InChI is InChI=1S/C14H20N2O2/c1-16(2)14(8-4-5-9-14)13(17)12-11(18-3)7-6-10-15-12/h6-7,10H,4-5,8-9H2,1-3H3. The van der Waals surface area contributed by atoms with Crippen LogP contribution in [-0.2, 0) is 0 Å². The summed E-state index contributed by atoms with van der Waals surface area (Å²) in [6, 6.07) is 3.57. The second-order valence-corrected chi connectivity index (χ2v) is 5.02. The molecular weight excluding hydrogens is 228 g/mol. The number of carbonyl (C=O) groups excluding carboxylic acids is 1. The number of Topliss-reactive ketones (excluding diaryl/α,β-unsaturated/α-hetero) is 1. The Labute approximate surface area is 108 Å². The van der Waals surface area contributed by atoms with Crippen LogP contribution in [0.15, 0.2) is 18.3 Å². The first-order valence-electron chi connectivity index (χ1n) is 6.33. The maximum absolute atomic E-state index is 12.8. The highest BCUT2D eigenvalue weighted by atomic mass is 16.5. The summed E-state index contributed by atoms with van der Waals surface area (Å²) in [4.78, 5) is 19.1. The van der Waals surface area contributed by atoms with Gasteiger partial charge in [0.25, 0.3) is 0 Å². The normalized spacial score (nSPS) is 18.0. The number of pyridine rings is 1. The predicted molar refractivity (Wildman–Crippen MR) is 70.0 cm³/mol. The van der Waals surface area contributed by atoms with Crippen LogP contribution >= 0.6 is 0 Å². The average molecular weight is 248 g/mol. The molecule has 0 spiro atoms. The van der Waals surface area contributed by atoms with Gasteiger partial charge in [0.2, 0.25) is 5.78 Å². The molecule has 2 rings (SSSR count). The van der Waals surface area contributed by atoms with Gasteiger partial charge in [0.05, 0.1) is 12.6 Å². The van der Waals surface area contributed by atoms with Crippen molar-refractivity contribution < 1.29 is 9.53 Å². The van der Waals surface area contributed by atoms with Gasteiger partial charge in [-0.1, -0.05) is 12.8 Å². The minimum Gasteiger partial charge on any atom is -0.494 e. The third-order valence-electron chi connectivity index (χ3n) is 3.92. The number of ketones is 1. The van der Waals surface area contributed by atoms with Gasteiger partial charge in [0.1, 0.15) is 11.4 Å². The summed E-state index contributed by atoms with van der Waals surface area (Å²) in [5, 5.41) is 0. The van der Waals surface area contributed by atoms with Crippen LogP contribution in [0.2, 0.25) is 0 Å². The fourth-order valence-corrected chi connectivity index (χ4v) is 2.78. The van der Waals surface area contributed by atoms with Gasteiger partial charge in [-0.2, -0.15) is 0 Å². The number of aromatic nitrogens is 1. The molecule has 0 atom stereocenters. The highest BCUT2D eigenvalue weighted by Gasteiger charge is 2.44. The summed E-state index contributed by atoms with van der Waals surface area (Å²) < 4.78 is 5.25. The van der Waals surface area contributed by atoms with Crippen molar-refractivity contribution >= 4 is 5.78 Å². The summed E-state index contributed by atoms with van der Waals surface area (Å²) in [7, 11) is 5.52. The topological polar surface area (TPSA) is 42.4 Å². The Hall–Kier alpha value is -1.42.